The number of nitrogens with one attached hydrogen (secondary N) is 1. The molecule has 1 unspecified atom stereocenters. The van der Waals surface area contributed by atoms with E-state index in [9.17, 15) is 8.42 Å². The first-order valence-electron chi connectivity index (χ1n) is 6.96. The van der Waals surface area contributed by atoms with Crippen molar-refractivity contribution in [1.29, 1.82) is 0 Å². The molecule has 0 bridgehead atoms. The van der Waals surface area contributed by atoms with Gasteiger partial charge in [-0.1, -0.05) is 0 Å². The smallest absolute Gasteiger partial charge is 0.211 e. The number of rotatable bonds is 6. The Morgan fingerprint density at radius 2 is 2.00 bits per heavy atom. The lowest BCUT2D eigenvalue weighted by Gasteiger charge is -2.35. The van der Waals surface area contributed by atoms with Gasteiger partial charge in [-0.15, -0.1) is 0 Å². The van der Waals surface area contributed by atoms with Crippen LogP contribution in [0.2, 0.25) is 0 Å². The second-order valence-electron chi connectivity index (χ2n) is 6.47. The first-order chi connectivity index (χ1) is 8.63. The van der Waals surface area contributed by atoms with Gasteiger partial charge in [-0.3, -0.25) is 0 Å². The van der Waals surface area contributed by atoms with E-state index in [0.717, 1.165) is 25.9 Å². The van der Waals surface area contributed by atoms with Gasteiger partial charge in [0.2, 0.25) is 10.0 Å². The highest BCUT2D eigenvalue weighted by atomic mass is 32.2. The van der Waals surface area contributed by atoms with Crippen LogP contribution in [0.5, 0.6) is 0 Å². The van der Waals surface area contributed by atoms with E-state index in [-0.39, 0.29) is 5.54 Å². The molecule has 0 aromatic heterocycles. The molecule has 114 valence electrons. The van der Waals surface area contributed by atoms with E-state index in [0.29, 0.717) is 19.0 Å². The molecule has 0 radical (unpaired) electrons. The fraction of sp³-hybridized carbons (Fsp3) is 1.00. The zero-order valence-electron chi connectivity index (χ0n) is 12.9. The normalized spacial score (nSPS) is 22.9. The number of hydrogen-bond acceptors (Lipinski definition) is 4. The van der Waals surface area contributed by atoms with Crippen LogP contribution in [-0.2, 0) is 10.0 Å². The average Bonchev–Trinajstić information content (AvgIpc) is 2.28. The lowest BCUT2D eigenvalue weighted by Crippen LogP contribution is -2.49. The van der Waals surface area contributed by atoms with Crippen molar-refractivity contribution in [3.05, 3.63) is 0 Å². The third-order valence-corrected chi connectivity index (χ3v) is 5.42. The molecule has 1 rings (SSSR count). The summed E-state index contributed by atoms with van der Waals surface area (Å²) in [5.41, 5.74) is 0.116. The minimum atomic E-state index is -3.03. The Morgan fingerprint density at radius 3 is 2.53 bits per heavy atom. The van der Waals surface area contributed by atoms with Crippen molar-refractivity contribution in [2.24, 2.45) is 5.92 Å². The summed E-state index contributed by atoms with van der Waals surface area (Å²) in [4.78, 5) is 2.20. The summed E-state index contributed by atoms with van der Waals surface area (Å²) in [6, 6.07) is 0. The van der Waals surface area contributed by atoms with E-state index in [2.05, 4.69) is 38.2 Å². The van der Waals surface area contributed by atoms with Crippen molar-refractivity contribution >= 4 is 10.0 Å². The fourth-order valence-electron chi connectivity index (χ4n) is 2.24. The van der Waals surface area contributed by atoms with Gasteiger partial charge in [0.1, 0.15) is 0 Å². The van der Waals surface area contributed by atoms with Crippen molar-refractivity contribution in [3.8, 4) is 0 Å². The van der Waals surface area contributed by atoms with Crippen molar-refractivity contribution in [2.75, 3.05) is 46.5 Å². The van der Waals surface area contributed by atoms with Crippen LogP contribution >= 0.6 is 0 Å². The quantitative estimate of drug-likeness (QED) is 0.778. The van der Waals surface area contributed by atoms with Gasteiger partial charge < -0.3 is 10.2 Å². The summed E-state index contributed by atoms with van der Waals surface area (Å²) in [7, 11) is 1.13. The molecule has 6 heteroatoms. The number of piperidine rings is 1. The zero-order valence-corrected chi connectivity index (χ0v) is 13.8. The SMILES string of the molecule is CN(C)C(C)(C)CNCC1CCCN(S(C)(=O)=O)C1. The topological polar surface area (TPSA) is 52.6 Å². The highest BCUT2D eigenvalue weighted by Crippen LogP contribution is 2.18. The summed E-state index contributed by atoms with van der Waals surface area (Å²) < 4.78 is 24.7. The number of hydrogen-bond donors (Lipinski definition) is 1. The predicted molar refractivity (Wildman–Crippen MR) is 79.8 cm³/mol. The van der Waals surface area contributed by atoms with E-state index < -0.39 is 10.0 Å². The van der Waals surface area contributed by atoms with Crippen LogP contribution in [-0.4, -0.2) is 69.7 Å². The van der Waals surface area contributed by atoms with Gasteiger partial charge in [0, 0.05) is 25.2 Å². The monoisotopic (exact) mass is 291 g/mol. The van der Waals surface area contributed by atoms with Gasteiger partial charge in [-0.05, 0) is 53.2 Å². The maximum Gasteiger partial charge on any atom is 0.211 e. The van der Waals surface area contributed by atoms with Crippen molar-refractivity contribution in [3.63, 3.8) is 0 Å². The molecule has 1 heterocycles. The van der Waals surface area contributed by atoms with Crippen LogP contribution in [0, 0.1) is 5.92 Å². The average molecular weight is 291 g/mol. The maximum atomic E-state index is 11.6. The summed E-state index contributed by atoms with van der Waals surface area (Å²) in [6.07, 6.45) is 3.38. The Labute approximate surface area is 118 Å². The standard InChI is InChI=1S/C13H29N3O2S/c1-13(2,15(3)4)11-14-9-12-7-6-8-16(10-12)19(5,17)18/h12,14H,6-11H2,1-5H3. The molecule has 1 aliphatic heterocycles. The van der Waals surface area contributed by atoms with Crippen LogP contribution < -0.4 is 5.32 Å². The molecular weight excluding hydrogens is 262 g/mol. The van der Waals surface area contributed by atoms with Crippen molar-refractivity contribution in [1.82, 2.24) is 14.5 Å². The van der Waals surface area contributed by atoms with Crippen LogP contribution in [0.4, 0.5) is 0 Å². The molecule has 1 saturated heterocycles. The van der Waals surface area contributed by atoms with Gasteiger partial charge in [-0.25, -0.2) is 12.7 Å². The van der Waals surface area contributed by atoms with Gasteiger partial charge in [0.15, 0.2) is 0 Å². The zero-order chi connectivity index (χ0) is 14.7. The summed E-state index contributed by atoms with van der Waals surface area (Å²) >= 11 is 0. The Balaban J connectivity index is 2.38. The fourth-order valence-corrected chi connectivity index (χ4v) is 3.18. The predicted octanol–water partition coefficient (Wildman–Crippen LogP) is 0.588. The van der Waals surface area contributed by atoms with E-state index in [1.54, 1.807) is 4.31 Å². The number of sulfonamides is 1. The first kappa shape index (κ1) is 16.9. The maximum absolute atomic E-state index is 11.6. The van der Waals surface area contributed by atoms with Crippen LogP contribution in [0.3, 0.4) is 0 Å². The summed E-state index contributed by atoms with van der Waals surface area (Å²) in [5.74, 6) is 0.432. The third-order valence-electron chi connectivity index (χ3n) is 4.15. The lowest BCUT2D eigenvalue weighted by molar-refractivity contribution is 0.182. The van der Waals surface area contributed by atoms with Crippen molar-refractivity contribution < 1.29 is 8.42 Å². The van der Waals surface area contributed by atoms with Crippen LogP contribution in [0.15, 0.2) is 0 Å². The van der Waals surface area contributed by atoms with E-state index in [4.69, 9.17) is 0 Å². The number of likely N-dealkylation sites (N-methyl/N-ethyl adjacent to an activating group) is 1. The van der Waals surface area contributed by atoms with Gasteiger partial charge >= 0.3 is 0 Å². The number of nitrogens with zero attached hydrogens (tertiary/aromatic N) is 2. The van der Waals surface area contributed by atoms with Crippen LogP contribution in [0.1, 0.15) is 26.7 Å². The first-order valence-corrected chi connectivity index (χ1v) is 8.81. The summed E-state index contributed by atoms with van der Waals surface area (Å²) in [6.45, 7) is 7.54. The Morgan fingerprint density at radius 1 is 1.37 bits per heavy atom. The highest BCUT2D eigenvalue weighted by Gasteiger charge is 2.26. The Bertz CT molecular complexity index is 379. The minimum absolute atomic E-state index is 0.116. The Kier molecular flexibility index (Phi) is 5.79. The highest BCUT2D eigenvalue weighted by molar-refractivity contribution is 7.88. The van der Waals surface area contributed by atoms with Crippen molar-refractivity contribution in [2.45, 2.75) is 32.2 Å². The molecule has 0 amide bonds. The van der Waals surface area contributed by atoms with Gasteiger partial charge in [0.25, 0.3) is 0 Å². The lowest BCUT2D eigenvalue weighted by atomic mass is 9.98. The molecule has 1 aliphatic rings. The molecule has 0 saturated carbocycles. The summed E-state index contributed by atoms with van der Waals surface area (Å²) in [5, 5.41) is 3.49. The molecular formula is C13H29N3O2S. The molecule has 5 nitrogen and oxygen atoms in total. The minimum Gasteiger partial charge on any atom is -0.315 e. The molecule has 1 N–H and O–H groups in total. The van der Waals surface area contributed by atoms with Crippen LogP contribution in [0.25, 0.3) is 0 Å². The van der Waals surface area contributed by atoms with E-state index in [1.165, 1.54) is 6.26 Å². The molecule has 1 fully saturated rings. The molecule has 19 heavy (non-hydrogen) atoms. The Hall–Kier alpha value is -0.170. The molecule has 0 spiro atoms. The largest absolute Gasteiger partial charge is 0.315 e. The second kappa shape index (κ2) is 6.52. The van der Waals surface area contributed by atoms with E-state index in [1.807, 2.05) is 0 Å². The molecule has 0 aromatic carbocycles. The molecule has 0 aliphatic carbocycles. The second-order valence-corrected chi connectivity index (χ2v) is 8.45. The molecule has 1 atom stereocenters. The van der Waals surface area contributed by atoms with Gasteiger partial charge in [-0.2, -0.15) is 0 Å². The molecule has 0 aromatic rings. The van der Waals surface area contributed by atoms with Gasteiger partial charge in [0.05, 0.1) is 6.26 Å². The third kappa shape index (κ3) is 5.38. The van der Waals surface area contributed by atoms with E-state index >= 15 is 0 Å².